The molecular weight excluding hydrogens is 421 g/mol. The Bertz CT molecular complexity index is 1050. The van der Waals surface area contributed by atoms with Crippen molar-refractivity contribution in [3.05, 3.63) is 73.3 Å². The van der Waals surface area contributed by atoms with Gasteiger partial charge in [0.1, 0.15) is 5.69 Å². The molecule has 1 heterocycles. The predicted molar refractivity (Wildman–Crippen MR) is 104 cm³/mol. The number of hydrogen-bond acceptors (Lipinski definition) is 6. The van der Waals surface area contributed by atoms with Gasteiger partial charge in [0.15, 0.2) is 0 Å². The number of alkyl halides is 3. The molecule has 0 saturated carbocycles. The molecule has 0 atom stereocenters. The largest absolute Gasteiger partial charge is 0.416 e. The molecule has 0 bridgehead atoms. The minimum Gasteiger partial charge on any atom is -0.362 e. The number of nitro benzene ring substituents is 2. The highest BCUT2D eigenvalue weighted by molar-refractivity contribution is 5.96. The number of carbonyl (C=O) groups excluding carboxylic acids is 1. The van der Waals surface area contributed by atoms with Crippen molar-refractivity contribution in [2.24, 2.45) is 0 Å². The van der Waals surface area contributed by atoms with Gasteiger partial charge < -0.3 is 9.80 Å². The third-order valence-corrected chi connectivity index (χ3v) is 5.14. The van der Waals surface area contributed by atoms with E-state index in [1.165, 1.54) is 30.0 Å². The Balaban J connectivity index is 1.79. The Kier molecular flexibility index (Phi) is 5.82. The maximum absolute atomic E-state index is 12.9. The van der Waals surface area contributed by atoms with E-state index in [4.69, 9.17) is 0 Å². The van der Waals surface area contributed by atoms with Crippen molar-refractivity contribution in [2.75, 3.05) is 31.1 Å². The number of anilines is 1. The van der Waals surface area contributed by atoms with Crippen molar-refractivity contribution in [3.63, 3.8) is 0 Å². The van der Waals surface area contributed by atoms with E-state index in [9.17, 15) is 38.2 Å². The zero-order valence-electron chi connectivity index (χ0n) is 16.3. The van der Waals surface area contributed by atoms with Gasteiger partial charge in [-0.1, -0.05) is 6.07 Å². The minimum absolute atomic E-state index is 0.0385. The highest BCUT2D eigenvalue weighted by Gasteiger charge is 2.34. The fourth-order valence-corrected chi connectivity index (χ4v) is 3.49. The second-order valence-corrected chi connectivity index (χ2v) is 6.94. The lowest BCUT2D eigenvalue weighted by atomic mass is 10.0. The van der Waals surface area contributed by atoms with Crippen LogP contribution in [0.25, 0.3) is 0 Å². The second kappa shape index (κ2) is 8.20. The van der Waals surface area contributed by atoms with Crippen LogP contribution in [0, 0.1) is 27.2 Å². The van der Waals surface area contributed by atoms with Crippen molar-refractivity contribution in [2.45, 2.75) is 13.1 Å². The Morgan fingerprint density at radius 1 is 0.968 bits per heavy atom. The third-order valence-electron chi connectivity index (χ3n) is 5.14. The van der Waals surface area contributed by atoms with E-state index >= 15 is 0 Å². The summed E-state index contributed by atoms with van der Waals surface area (Å²) in [4.78, 5) is 36.8. The van der Waals surface area contributed by atoms with Crippen molar-refractivity contribution < 1.29 is 27.8 Å². The Morgan fingerprint density at radius 2 is 1.58 bits per heavy atom. The lowest BCUT2D eigenvalue weighted by Gasteiger charge is -2.36. The first kappa shape index (κ1) is 22.0. The maximum atomic E-state index is 12.9. The van der Waals surface area contributed by atoms with E-state index in [1.807, 2.05) is 0 Å². The van der Waals surface area contributed by atoms with Gasteiger partial charge in [0.25, 0.3) is 17.3 Å². The fourth-order valence-electron chi connectivity index (χ4n) is 3.49. The predicted octanol–water partition coefficient (Wildman–Crippen LogP) is 3.79. The van der Waals surface area contributed by atoms with Gasteiger partial charge in [0.2, 0.25) is 0 Å². The van der Waals surface area contributed by atoms with E-state index in [0.29, 0.717) is 6.07 Å². The number of halogens is 3. The van der Waals surface area contributed by atoms with Crippen LogP contribution in [0.15, 0.2) is 36.4 Å². The summed E-state index contributed by atoms with van der Waals surface area (Å²) in [5.74, 6) is -0.414. The lowest BCUT2D eigenvalue weighted by molar-refractivity contribution is -0.385. The number of hydrogen-bond donors (Lipinski definition) is 0. The number of carbonyl (C=O) groups is 1. The van der Waals surface area contributed by atoms with Gasteiger partial charge in [-0.05, 0) is 25.1 Å². The number of benzene rings is 2. The van der Waals surface area contributed by atoms with E-state index < -0.39 is 33.2 Å². The molecule has 0 N–H and O–H groups in total. The molecule has 0 aromatic heterocycles. The van der Waals surface area contributed by atoms with Crippen LogP contribution in [0.3, 0.4) is 0 Å². The quantitative estimate of drug-likeness (QED) is 0.531. The molecule has 0 aliphatic carbocycles. The molecule has 2 aromatic carbocycles. The van der Waals surface area contributed by atoms with Gasteiger partial charge in [0, 0.05) is 49.4 Å². The van der Waals surface area contributed by atoms with Crippen LogP contribution in [-0.2, 0) is 6.18 Å². The molecule has 1 amide bonds. The normalized spacial score (nSPS) is 14.5. The molecule has 1 aliphatic rings. The Hall–Kier alpha value is -3.70. The molecule has 31 heavy (non-hydrogen) atoms. The Labute approximate surface area is 174 Å². The smallest absolute Gasteiger partial charge is 0.362 e. The topological polar surface area (TPSA) is 110 Å². The number of nitro groups is 2. The lowest BCUT2D eigenvalue weighted by Crippen LogP contribution is -2.49. The Morgan fingerprint density at radius 3 is 2.13 bits per heavy atom. The van der Waals surface area contributed by atoms with Crippen LogP contribution in [0.4, 0.5) is 30.2 Å². The summed E-state index contributed by atoms with van der Waals surface area (Å²) in [5.41, 5.74) is -1.50. The minimum atomic E-state index is -4.70. The average Bonchev–Trinajstić information content (AvgIpc) is 2.72. The van der Waals surface area contributed by atoms with Gasteiger partial charge in [0.05, 0.1) is 15.4 Å². The van der Waals surface area contributed by atoms with Gasteiger partial charge in [-0.25, -0.2) is 0 Å². The number of rotatable bonds is 4. The van der Waals surface area contributed by atoms with Crippen molar-refractivity contribution in [1.82, 2.24) is 4.90 Å². The summed E-state index contributed by atoms with van der Waals surface area (Å²) in [6, 6.07) is 6.54. The molecule has 1 saturated heterocycles. The van der Waals surface area contributed by atoms with Crippen LogP contribution in [-0.4, -0.2) is 46.8 Å². The zero-order chi connectivity index (χ0) is 22.9. The van der Waals surface area contributed by atoms with Crippen molar-refractivity contribution in [1.29, 1.82) is 0 Å². The first-order chi connectivity index (χ1) is 14.5. The van der Waals surface area contributed by atoms with Crippen molar-refractivity contribution >= 4 is 23.0 Å². The molecular formula is C19H17F3N4O5. The number of amides is 1. The third kappa shape index (κ3) is 4.42. The highest BCUT2D eigenvalue weighted by atomic mass is 19.4. The standard InChI is InChI=1S/C19H17F3N4O5/c1-12-14(3-2-4-15(12)25(28)29)18(27)24-9-7-23(8-10-24)16-6-5-13(19(20,21)22)11-17(16)26(30)31/h2-6,11H,7-10H2,1H3. The van der Waals surface area contributed by atoms with E-state index in [-0.39, 0.29) is 48.7 Å². The van der Waals surface area contributed by atoms with Crippen LogP contribution >= 0.6 is 0 Å². The molecule has 2 aromatic rings. The van der Waals surface area contributed by atoms with Gasteiger partial charge in [-0.3, -0.25) is 25.0 Å². The molecule has 3 rings (SSSR count). The summed E-state index contributed by atoms with van der Waals surface area (Å²) < 4.78 is 38.7. The highest BCUT2D eigenvalue weighted by Crippen LogP contribution is 2.37. The summed E-state index contributed by atoms with van der Waals surface area (Å²) in [6.07, 6.45) is -4.70. The SMILES string of the molecule is Cc1c(C(=O)N2CCN(c3ccc(C(F)(F)F)cc3[N+](=O)[O-])CC2)cccc1[N+](=O)[O-]. The number of piperazine rings is 1. The van der Waals surface area contributed by atoms with Gasteiger partial charge >= 0.3 is 6.18 Å². The summed E-state index contributed by atoms with van der Waals surface area (Å²) in [5, 5.41) is 22.4. The van der Waals surface area contributed by atoms with Crippen LogP contribution in [0.2, 0.25) is 0 Å². The molecule has 164 valence electrons. The first-order valence-corrected chi connectivity index (χ1v) is 9.14. The first-order valence-electron chi connectivity index (χ1n) is 9.14. The van der Waals surface area contributed by atoms with Crippen LogP contribution < -0.4 is 4.90 Å². The van der Waals surface area contributed by atoms with E-state index in [0.717, 1.165) is 12.1 Å². The van der Waals surface area contributed by atoms with Crippen LogP contribution in [0.1, 0.15) is 21.5 Å². The van der Waals surface area contributed by atoms with E-state index in [2.05, 4.69) is 0 Å². The fraction of sp³-hybridized carbons (Fsp3) is 0.316. The molecule has 12 heteroatoms. The molecule has 0 spiro atoms. The molecule has 1 fully saturated rings. The second-order valence-electron chi connectivity index (χ2n) is 6.94. The van der Waals surface area contributed by atoms with Gasteiger partial charge in [-0.15, -0.1) is 0 Å². The molecule has 0 unspecified atom stereocenters. The van der Waals surface area contributed by atoms with Gasteiger partial charge in [-0.2, -0.15) is 13.2 Å². The maximum Gasteiger partial charge on any atom is 0.416 e. The molecule has 0 radical (unpaired) electrons. The van der Waals surface area contributed by atoms with Crippen molar-refractivity contribution in [3.8, 4) is 0 Å². The average molecular weight is 438 g/mol. The van der Waals surface area contributed by atoms with E-state index in [1.54, 1.807) is 4.90 Å². The summed E-state index contributed by atoms with van der Waals surface area (Å²) >= 11 is 0. The monoisotopic (exact) mass is 438 g/mol. The zero-order valence-corrected chi connectivity index (χ0v) is 16.3. The van der Waals surface area contributed by atoms with Crippen LogP contribution in [0.5, 0.6) is 0 Å². The summed E-state index contributed by atoms with van der Waals surface area (Å²) in [7, 11) is 0. The summed E-state index contributed by atoms with van der Waals surface area (Å²) in [6.45, 7) is 2.10. The number of nitrogens with zero attached hydrogens (tertiary/aromatic N) is 4. The molecule has 1 aliphatic heterocycles. The molecule has 9 nitrogen and oxygen atoms in total.